The Morgan fingerprint density at radius 3 is 2.38 bits per heavy atom. The van der Waals surface area contributed by atoms with E-state index in [2.05, 4.69) is 33.8 Å². The lowest BCUT2D eigenvalue weighted by atomic mass is 9.74. The Morgan fingerprint density at radius 2 is 2.00 bits per heavy atom. The third kappa shape index (κ3) is 1.65. The number of carbonyl (C=O) groups excluding carboxylic acids is 1. The summed E-state index contributed by atoms with van der Waals surface area (Å²) in [5.74, 6) is 1.78. The van der Waals surface area contributed by atoms with Crippen LogP contribution in [0.15, 0.2) is 11.6 Å². The van der Waals surface area contributed by atoms with E-state index in [4.69, 9.17) is 0 Å². The molecule has 16 heavy (non-hydrogen) atoms. The van der Waals surface area contributed by atoms with Crippen molar-refractivity contribution < 1.29 is 4.79 Å². The van der Waals surface area contributed by atoms with Gasteiger partial charge in [-0.05, 0) is 50.4 Å². The third-order valence-corrected chi connectivity index (χ3v) is 5.53. The van der Waals surface area contributed by atoms with Crippen LogP contribution in [0.3, 0.4) is 0 Å². The average Bonchev–Trinajstić information content (AvgIpc) is 2.77. The summed E-state index contributed by atoms with van der Waals surface area (Å²) < 4.78 is 0. The molecular formula is C15H24O. The zero-order valence-corrected chi connectivity index (χ0v) is 11.3. The zero-order chi connectivity index (χ0) is 12.1. The molecule has 1 saturated carbocycles. The molecule has 0 N–H and O–H groups in total. The molecule has 1 heteroatoms. The van der Waals surface area contributed by atoms with Crippen molar-refractivity contribution in [2.45, 2.75) is 53.9 Å². The van der Waals surface area contributed by atoms with E-state index in [0.29, 0.717) is 17.1 Å². The van der Waals surface area contributed by atoms with Crippen molar-refractivity contribution in [3.63, 3.8) is 0 Å². The van der Waals surface area contributed by atoms with Gasteiger partial charge in [-0.3, -0.25) is 4.79 Å². The monoisotopic (exact) mass is 220 g/mol. The average molecular weight is 220 g/mol. The Morgan fingerprint density at radius 1 is 1.38 bits per heavy atom. The fourth-order valence-electron chi connectivity index (χ4n) is 3.16. The number of allylic oxidation sites excluding steroid dienone is 2. The molecule has 2 aliphatic carbocycles. The minimum absolute atomic E-state index is 0.0204. The van der Waals surface area contributed by atoms with Gasteiger partial charge in [0.15, 0.2) is 0 Å². The van der Waals surface area contributed by atoms with Gasteiger partial charge in [0.05, 0.1) is 0 Å². The van der Waals surface area contributed by atoms with Gasteiger partial charge >= 0.3 is 0 Å². The van der Waals surface area contributed by atoms with Gasteiger partial charge in [-0.15, -0.1) is 0 Å². The third-order valence-electron chi connectivity index (χ3n) is 5.53. The standard InChI is InChI=1S/C15H24O/c1-10-6-7-12(14(10,3)4)8-13-9-15(13,5)11(2)16/h6,12-13H,7-9H2,1-5H3. The molecule has 0 spiro atoms. The fraction of sp³-hybridized carbons (Fsp3) is 0.800. The summed E-state index contributed by atoms with van der Waals surface area (Å²) in [5, 5.41) is 0. The highest BCUT2D eigenvalue weighted by molar-refractivity contribution is 5.85. The molecule has 2 aliphatic rings. The first kappa shape index (κ1) is 11.9. The van der Waals surface area contributed by atoms with Gasteiger partial charge < -0.3 is 0 Å². The van der Waals surface area contributed by atoms with Gasteiger partial charge in [0.1, 0.15) is 5.78 Å². The van der Waals surface area contributed by atoms with Gasteiger partial charge in [-0.2, -0.15) is 0 Å². The highest BCUT2D eigenvalue weighted by Crippen LogP contribution is 2.59. The Labute approximate surface area is 99.3 Å². The van der Waals surface area contributed by atoms with Gasteiger partial charge in [0, 0.05) is 5.41 Å². The van der Waals surface area contributed by atoms with Gasteiger partial charge in [-0.25, -0.2) is 0 Å². The van der Waals surface area contributed by atoms with E-state index in [1.807, 2.05) is 0 Å². The van der Waals surface area contributed by atoms with E-state index in [-0.39, 0.29) is 5.41 Å². The second-order valence-electron chi connectivity index (χ2n) is 6.65. The molecule has 0 amide bonds. The van der Waals surface area contributed by atoms with Crippen molar-refractivity contribution >= 4 is 5.78 Å². The normalized spacial score (nSPS) is 40.7. The lowest BCUT2D eigenvalue weighted by molar-refractivity contribution is -0.122. The molecule has 0 aromatic heterocycles. The van der Waals surface area contributed by atoms with Crippen LogP contribution in [-0.2, 0) is 4.79 Å². The molecule has 1 nitrogen and oxygen atoms in total. The largest absolute Gasteiger partial charge is 0.299 e. The Kier molecular flexibility index (Phi) is 2.56. The molecule has 0 bridgehead atoms. The van der Waals surface area contributed by atoms with Crippen molar-refractivity contribution in [2.24, 2.45) is 22.7 Å². The maximum atomic E-state index is 11.5. The van der Waals surface area contributed by atoms with E-state index in [1.54, 1.807) is 6.92 Å². The molecule has 0 saturated heterocycles. The Balaban J connectivity index is 1.98. The number of hydrogen-bond donors (Lipinski definition) is 0. The predicted octanol–water partition coefficient (Wildman–Crippen LogP) is 3.98. The van der Waals surface area contributed by atoms with Gasteiger partial charge in [0.2, 0.25) is 0 Å². The highest BCUT2D eigenvalue weighted by Gasteiger charge is 2.55. The molecule has 0 heterocycles. The number of ketones is 1. The smallest absolute Gasteiger partial charge is 0.135 e. The first-order valence-corrected chi connectivity index (χ1v) is 6.46. The second kappa shape index (κ2) is 3.45. The van der Waals surface area contributed by atoms with E-state index in [0.717, 1.165) is 12.3 Å². The Bertz CT molecular complexity index is 350. The number of carbonyl (C=O) groups is 1. The summed E-state index contributed by atoms with van der Waals surface area (Å²) in [5.41, 5.74) is 1.90. The SMILES string of the molecule is CC(=O)C1(C)CC1CC1CC=C(C)C1(C)C. The quantitative estimate of drug-likeness (QED) is 0.657. The first-order chi connectivity index (χ1) is 7.28. The van der Waals surface area contributed by atoms with Gasteiger partial charge in [0.25, 0.3) is 0 Å². The van der Waals surface area contributed by atoms with Crippen LogP contribution in [0.2, 0.25) is 0 Å². The van der Waals surface area contributed by atoms with Crippen LogP contribution in [0.4, 0.5) is 0 Å². The number of rotatable bonds is 3. The molecule has 0 aromatic rings. The van der Waals surface area contributed by atoms with Crippen LogP contribution in [0.1, 0.15) is 53.9 Å². The summed E-state index contributed by atoms with van der Waals surface area (Å²) in [6.45, 7) is 10.8. The fourth-order valence-corrected chi connectivity index (χ4v) is 3.16. The minimum Gasteiger partial charge on any atom is -0.299 e. The van der Waals surface area contributed by atoms with Crippen LogP contribution in [0, 0.1) is 22.7 Å². The topological polar surface area (TPSA) is 17.1 Å². The highest BCUT2D eigenvalue weighted by atomic mass is 16.1. The molecule has 0 aliphatic heterocycles. The lowest BCUT2D eigenvalue weighted by Crippen LogP contribution is -2.22. The van der Waals surface area contributed by atoms with Crippen LogP contribution < -0.4 is 0 Å². The molecule has 1 fully saturated rings. The molecule has 2 rings (SSSR count). The Hall–Kier alpha value is -0.590. The van der Waals surface area contributed by atoms with E-state index >= 15 is 0 Å². The second-order valence-corrected chi connectivity index (χ2v) is 6.65. The van der Waals surface area contributed by atoms with Crippen molar-refractivity contribution in [3.05, 3.63) is 11.6 Å². The molecule has 3 unspecified atom stereocenters. The first-order valence-electron chi connectivity index (χ1n) is 6.46. The van der Waals surface area contributed by atoms with E-state index in [1.165, 1.54) is 18.4 Å². The van der Waals surface area contributed by atoms with Crippen molar-refractivity contribution in [3.8, 4) is 0 Å². The number of hydrogen-bond acceptors (Lipinski definition) is 1. The van der Waals surface area contributed by atoms with Crippen molar-refractivity contribution in [1.82, 2.24) is 0 Å². The summed E-state index contributed by atoms with van der Waals surface area (Å²) in [4.78, 5) is 11.5. The summed E-state index contributed by atoms with van der Waals surface area (Å²) >= 11 is 0. The van der Waals surface area contributed by atoms with Crippen LogP contribution in [0.5, 0.6) is 0 Å². The maximum absolute atomic E-state index is 11.5. The summed E-state index contributed by atoms with van der Waals surface area (Å²) in [6.07, 6.45) is 5.95. The van der Waals surface area contributed by atoms with E-state index < -0.39 is 0 Å². The predicted molar refractivity (Wildman–Crippen MR) is 67.2 cm³/mol. The zero-order valence-electron chi connectivity index (χ0n) is 11.3. The molecular weight excluding hydrogens is 196 g/mol. The molecule has 90 valence electrons. The minimum atomic E-state index is 0.0204. The maximum Gasteiger partial charge on any atom is 0.135 e. The molecule has 0 aromatic carbocycles. The number of Topliss-reactive ketones (excluding diaryl/α,β-unsaturated/α-hetero) is 1. The summed E-state index contributed by atoms with van der Waals surface area (Å²) in [7, 11) is 0. The van der Waals surface area contributed by atoms with Crippen LogP contribution in [0.25, 0.3) is 0 Å². The summed E-state index contributed by atoms with van der Waals surface area (Å²) in [6, 6.07) is 0. The van der Waals surface area contributed by atoms with Gasteiger partial charge in [-0.1, -0.05) is 32.4 Å². The van der Waals surface area contributed by atoms with E-state index in [9.17, 15) is 4.79 Å². The lowest BCUT2D eigenvalue weighted by Gasteiger charge is -2.30. The van der Waals surface area contributed by atoms with Crippen molar-refractivity contribution in [1.29, 1.82) is 0 Å². The van der Waals surface area contributed by atoms with Crippen LogP contribution >= 0.6 is 0 Å². The van der Waals surface area contributed by atoms with Crippen LogP contribution in [-0.4, -0.2) is 5.78 Å². The van der Waals surface area contributed by atoms with Crippen molar-refractivity contribution in [2.75, 3.05) is 0 Å². The molecule has 3 atom stereocenters. The molecule has 0 radical (unpaired) electrons.